The predicted octanol–water partition coefficient (Wildman–Crippen LogP) is -0.0947. The maximum Gasteiger partial charge on any atom is 0.187 e. The Bertz CT molecular complexity index is 34.6. The SMILES string of the molecule is [CH2]C(O)N=O. The van der Waals surface area contributed by atoms with Crippen LogP contribution in [0.25, 0.3) is 0 Å². The van der Waals surface area contributed by atoms with Crippen molar-refractivity contribution in [2.75, 3.05) is 0 Å². The summed E-state index contributed by atoms with van der Waals surface area (Å²) in [6.07, 6.45) is -1.30. The van der Waals surface area contributed by atoms with Crippen molar-refractivity contribution in [3.8, 4) is 0 Å². The fourth-order valence-electron chi connectivity index (χ4n) is 0. The average Bonchev–Trinajstić information content (AvgIpc) is 1.38. The van der Waals surface area contributed by atoms with E-state index in [4.69, 9.17) is 10.0 Å². The van der Waals surface area contributed by atoms with E-state index in [0.29, 0.717) is 0 Å². The van der Waals surface area contributed by atoms with Gasteiger partial charge in [-0.15, -0.1) is 4.91 Å². The van der Waals surface area contributed by atoms with Gasteiger partial charge >= 0.3 is 0 Å². The van der Waals surface area contributed by atoms with Crippen LogP contribution in [0.2, 0.25) is 0 Å². The molecule has 0 spiro atoms. The Balaban J connectivity index is 2.83. The molecule has 0 aliphatic rings. The van der Waals surface area contributed by atoms with Gasteiger partial charge in [-0.2, -0.15) is 0 Å². The van der Waals surface area contributed by atoms with Gasteiger partial charge < -0.3 is 5.11 Å². The van der Waals surface area contributed by atoms with Crippen molar-refractivity contribution in [3.63, 3.8) is 0 Å². The molecule has 0 amide bonds. The molecule has 1 radical (unpaired) electrons. The van der Waals surface area contributed by atoms with E-state index < -0.39 is 6.23 Å². The highest BCUT2D eigenvalue weighted by atomic mass is 16.3. The van der Waals surface area contributed by atoms with Gasteiger partial charge in [-0.3, -0.25) is 0 Å². The molecule has 3 heteroatoms. The molecule has 0 aromatic rings. The van der Waals surface area contributed by atoms with E-state index >= 15 is 0 Å². The van der Waals surface area contributed by atoms with Crippen molar-refractivity contribution in [3.05, 3.63) is 11.8 Å². The molecule has 0 aromatic carbocycles. The summed E-state index contributed by atoms with van der Waals surface area (Å²) in [5.41, 5.74) is 0. The van der Waals surface area contributed by atoms with E-state index in [9.17, 15) is 0 Å². The first kappa shape index (κ1) is 4.56. The fraction of sp³-hybridized carbons (Fsp3) is 0.500. The second-order valence-corrected chi connectivity index (χ2v) is 0.586. The summed E-state index contributed by atoms with van der Waals surface area (Å²) in [7, 11) is 0. The van der Waals surface area contributed by atoms with Gasteiger partial charge in [-0.1, -0.05) is 0 Å². The highest BCUT2D eigenvalue weighted by Crippen LogP contribution is 1.72. The minimum atomic E-state index is -1.30. The zero-order valence-corrected chi connectivity index (χ0v) is 2.59. The molecular weight excluding hydrogens is 70.0 g/mol. The van der Waals surface area contributed by atoms with Gasteiger partial charge in [0, 0.05) is 6.92 Å². The number of hydrogen-bond donors (Lipinski definition) is 1. The fourth-order valence-corrected chi connectivity index (χ4v) is 0. The van der Waals surface area contributed by atoms with Gasteiger partial charge in [-0.25, -0.2) is 0 Å². The van der Waals surface area contributed by atoms with Crippen LogP contribution in [0.3, 0.4) is 0 Å². The van der Waals surface area contributed by atoms with Crippen LogP contribution in [0, 0.1) is 11.8 Å². The lowest BCUT2D eigenvalue weighted by Gasteiger charge is -1.78. The lowest BCUT2D eigenvalue weighted by molar-refractivity contribution is 0.229. The number of rotatable bonds is 1. The number of nitrogens with zero attached hydrogens (tertiary/aromatic N) is 1. The van der Waals surface area contributed by atoms with Crippen LogP contribution in [-0.2, 0) is 0 Å². The minimum Gasteiger partial charge on any atom is -0.369 e. The smallest absolute Gasteiger partial charge is 0.187 e. The molecule has 5 heavy (non-hydrogen) atoms. The van der Waals surface area contributed by atoms with Crippen molar-refractivity contribution in [1.82, 2.24) is 0 Å². The number of aliphatic hydroxyl groups is 1. The summed E-state index contributed by atoms with van der Waals surface area (Å²) >= 11 is 0. The van der Waals surface area contributed by atoms with E-state index in [0.717, 1.165) is 0 Å². The summed E-state index contributed by atoms with van der Waals surface area (Å²) in [6.45, 7) is 2.83. The molecule has 3 nitrogen and oxygen atoms in total. The van der Waals surface area contributed by atoms with Crippen LogP contribution < -0.4 is 0 Å². The normalized spacial score (nSPS) is 14.0. The van der Waals surface area contributed by atoms with Crippen LogP contribution in [-0.4, -0.2) is 11.3 Å². The highest BCUT2D eigenvalue weighted by molar-refractivity contribution is 4.46. The molecule has 29 valence electrons. The largest absolute Gasteiger partial charge is 0.369 e. The van der Waals surface area contributed by atoms with Crippen molar-refractivity contribution >= 4 is 0 Å². The third kappa shape index (κ3) is 3.56. The quantitative estimate of drug-likeness (QED) is 0.442. The summed E-state index contributed by atoms with van der Waals surface area (Å²) < 4.78 is 0. The zero-order valence-electron chi connectivity index (χ0n) is 2.59. The molecule has 0 bridgehead atoms. The Morgan fingerprint density at radius 1 is 2.00 bits per heavy atom. The molecule has 0 rings (SSSR count). The number of nitroso groups, excluding NO2 is 1. The maximum atomic E-state index is 8.94. The molecule has 1 atom stereocenters. The Morgan fingerprint density at radius 3 is 2.20 bits per heavy atom. The Kier molecular flexibility index (Phi) is 1.68. The van der Waals surface area contributed by atoms with Crippen LogP contribution in [0.15, 0.2) is 5.18 Å². The first-order valence-electron chi connectivity index (χ1n) is 1.11. The topological polar surface area (TPSA) is 49.7 Å². The zero-order chi connectivity index (χ0) is 4.28. The molecule has 0 saturated heterocycles. The van der Waals surface area contributed by atoms with Crippen LogP contribution in [0.4, 0.5) is 0 Å². The lowest BCUT2D eigenvalue weighted by Crippen LogP contribution is -1.89. The van der Waals surface area contributed by atoms with Gasteiger partial charge in [0.25, 0.3) is 0 Å². The molecular formula is C2H4NO2. The number of hydrogen-bond acceptors (Lipinski definition) is 3. The summed E-state index contributed by atoms with van der Waals surface area (Å²) in [6, 6.07) is 0. The van der Waals surface area contributed by atoms with E-state index in [1.54, 1.807) is 0 Å². The van der Waals surface area contributed by atoms with Gasteiger partial charge in [-0.05, 0) is 5.18 Å². The van der Waals surface area contributed by atoms with Crippen molar-refractivity contribution in [2.45, 2.75) is 6.23 Å². The van der Waals surface area contributed by atoms with Crippen LogP contribution in [0.5, 0.6) is 0 Å². The first-order valence-corrected chi connectivity index (χ1v) is 1.11. The van der Waals surface area contributed by atoms with E-state index in [1.807, 2.05) is 0 Å². The second kappa shape index (κ2) is 1.84. The van der Waals surface area contributed by atoms with Crippen molar-refractivity contribution in [2.24, 2.45) is 5.18 Å². The standard InChI is InChI=1S/C2H4NO2/c1-2(4)3-5/h2,4H,1H2. The lowest BCUT2D eigenvalue weighted by atomic mass is 10.7. The third-order valence-corrected chi connectivity index (χ3v) is 0.122. The summed E-state index contributed by atoms with van der Waals surface area (Å²) in [5.74, 6) is 0. The van der Waals surface area contributed by atoms with Crippen molar-refractivity contribution < 1.29 is 5.11 Å². The Labute approximate surface area is 29.6 Å². The monoisotopic (exact) mass is 74.0 g/mol. The Morgan fingerprint density at radius 2 is 2.20 bits per heavy atom. The van der Waals surface area contributed by atoms with E-state index in [2.05, 4.69) is 12.1 Å². The molecule has 0 fully saturated rings. The molecule has 1 N–H and O–H groups in total. The summed E-state index contributed by atoms with van der Waals surface area (Å²) in [5, 5.41) is 9.85. The van der Waals surface area contributed by atoms with Gasteiger partial charge in [0.15, 0.2) is 6.23 Å². The van der Waals surface area contributed by atoms with Gasteiger partial charge in [0.05, 0.1) is 0 Å². The molecule has 0 saturated carbocycles. The molecule has 1 unspecified atom stereocenters. The highest BCUT2D eigenvalue weighted by Gasteiger charge is 1.82. The molecule has 0 aromatic heterocycles. The molecule has 0 aliphatic carbocycles. The van der Waals surface area contributed by atoms with E-state index in [1.165, 1.54) is 0 Å². The van der Waals surface area contributed by atoms with Crippen molar-refractivity contribution in [1.29, 1.82) is 0 Å². The van der Waals surface area contributed by atoms with E-state index in [-0.39, 0.29) is 0 Å². The van der Waals surface area contributed by atoms with Crippen LogP contribution >= 0.6 is 0 Å². The molecule has 0 heterocycles. The first-order chi connectivity index (χ1) is 2.27. The summed E-state index contributed by atoms with van der Waals surface area (Å²) in [4.78, 5) is 8.94. The third-order valence-electron chi connectivity index (χ3n) is 0.122. The maximum absolute atomic E-state index is 8.94. The van der Waals surface area contributed by atoms with Crippen LogP contribution in [0.1, 0.15) is 0 Å². The number of aliphatic hydroxyl groups excluding tert-OH is 1. The molecule has 0 aliphatic heterocycles. The van der Waals surface area contributed by atoms with Gasteiger partial charge in [0.1, 0.15) is 0 Å². The average molecular weight is 74.1 g/mol. The Hall–Kier alpha value is -0.440. The predicted molar refractivity (Wildman–Crippen MR) is 17.2 cm³/mol. The second-order valence-electron chi connectivity index (χ2n) is 0.586. The minimum absolute atomic E-state index is 1.30. The van der Waals surface area contributed by atoms with Gasteiger partial charge in [0.2, 0.25) is 0 Å².